The van der Waals surface area contributed by atoms with Crippen LogP contribution < -0.4 is 5.32 Å². The fourth-order valence-corrected chi connectivity index (χ4v) is 2.53. The van der Waals surface area contributed by atoms with Crippen molar-refractivity contribution in [3.8, 4) is 11.1 Å². The molecular weight excluding hydrogens is 406 g/mol. The van der Waals surface area contributed by atoms with Crippen LogP contribution in [0.5, 0.6) is 0 Å². The largest absolute Gasteiger partial charge is 0.462 e. The summed E-state index contributed by atoms with van der Waals surface area (Å²) in [5.41, 5.74) is 1.27. The number of aromatic nitrogens is 1. The van der Waals surface area contributed by atoms with E-state index < -0.39 is 10.9 Å². The number of benzene rings is 1. The number of alkyl halides is 1. The minimum atomic E-state index is -0.586. The number of nitrogens with one attached hydrogen (secondary N) is 1. The molecule has 0 saturated heterocycles. The van der Waals surface area contributed by atoms with Crippen LogP contribution in [0.1, 0.15) is 23.0 Å². The fraction of sp³-hybridized carbons (Fsp3) is 0.235. The number of carbonyl (C=O) groups is 2. The molecule has 1 amide bonds. The number of carbonyl (C=O) groups excluding carboxylic acids is 2. The van der Waals surface area contributed by atoms with Gasteiger partial charge in [0.25, 0.3) is 5.69 Å². The Kier molecular flexibility index (Phi) is 6.40. The normalized spacial score (nSPS) is 10.3. The number of ether oxygens (including phenoxy) is 1. The molecule has 1 heterocycles. The third-order valence-electron chi connectivity index (χ3n) is 3.44. The van der Waals surface area contributed by atoms with Crippen LogP contribution in [0.3, 0.4) is 0 Å². The lowest BCUT2D eigenvalue weighted by molar-refractivity contribution is -0.384. The molecule has 0 bridgehead atoms. The first-order valence-electron chi connectivity index (χ1n) is 7.66. The van der Waals surface area contributed by atoms with E-state index in [9.17, 15) is 19.7 Å². The quantitative estimate of drug-likeness (QED) is 0.330. The lowest BCUT2D eigenvalue weighted by atomic mass is 9.98. The van der Waals surface area contributed by atoms with Crippen molar-refractivity contribution in [2.24, 2.45) is 0 Å². The van der Waals surface area contributed by atoms with Gasteiger partial charge in [0.2, 0.25) is 5.91 Å². The third kappa shape index (κ3) is 4.42. The number of halogens is 1. The highest BCUT2D eigenvalue weighted by molar-refractivity contribution is 9.09. The predicted molar refractivity (Wildman–Crippen MR) is 99.4 cm³/mol. The van der Waals surface area contributed by atoms with Crippen molar-refractivity contribution < 1.29 is 19.2 Å². The summed E-state index contributed by atoms with van der Waals surface area (Å²) in [6, 6.07) is 7.37. The minimum Gasteiger partial charge on any atom is -0.462 e. The molecule has 136 valence electrons. The van der Waals surface area contributed by atoms with Crippen LogP contribution in [0, 0.1) is 17.0 Å². The van der Waals surface area contributed by atoms with Crippen LogP contribution in [-0.4, -0.2) is 33.7 Å². The standard InChI is InChI=1S/C17H16BrN3O5/c1-3-26-17(23)16-10(2)19-14(20-15(22)9-18)8-13(16)11-5-4-6-12(7-11)21(24)25/h4-8H,3,9H2,1-2H3,(H,19,20,22). The summed E-state index contributed by atoms with van der Waals surface area (Å²) in [5, 5.41) is 13.7. The molecule has 8 nitrogen and oxygen atoms in total. The van der Waals surface area contributed by atoms with Crippen molar-refractivity contribution in [1.29, 1.82) is 0 Å². The molecule has 0 spiro atoms. The smallest absolute Gasteiger partial charge is 0.340 e. The lowest BCUT2D eigenvalue weighted by Crippen LogP contribution is -2.16. The van der Waals surface area contributed by atoms with Crippen molar-refractivity contribution in [3.63, 3.8) is 0 Å². The summed E-state index contributed by atoms with van der Waals surface area (Å²) in [6.07, 6.45) is 0. The number of hydrogen-bond donors (Lipinski definition) is 1. The average molecular weight is 422 g/mol. The van der Waals surface area contributed by atoms with Gasteiger partial charge in [0, 0.05) is 17.7 Å². The molecule has 0 radical (unpaired) electrons. The number of pyridine rings is 1. The summed E-state index contributed by atoms with van der Waals surface area (Å²) in [4.78, 5) is 38.8. The number of hydrogen-bond acceptors (Lipinski definition) is 6. The Hall–Kier alpha value is -2.81. The van der Waals surface area contributed by atoms with Crippen LogP contribution in [0.15, 0.2) is 30.3 Å². The molecule has 0 saturated carbocycles. The van der Waals surface area contributed by atoms with Gasteiger partial charge in [-0.2, -0.15) is 0 Å². The number of esters is 1. The van der Waals surface area contributed by atoms with E-state index in [1.165, 1.54) is 24.3 Å². The van der Waals surface area contributed by atoms with Crippen LogP contribution in [0.2, 0.25) is 0 Å². The predicted octanol–water partition coefficient (Wildman–Crippen LogP) is 3.48. The van der Waals surface area contributed by atoms with Gasteiger partial charge in [0.15, 0.2) is 0 Å². The first kappa shape index (κ1) is 19.5. The zero-order valence-electron chi connectivity index (χ0n) is 14.1. The van der Waals surface area contributed by atoms with Gasteiger partial charge in [-0.15, -0.1) is 0 Å². The maximum absolute atomic E-state index is 12.4. The number of rotatable bonds is 6. The summed E-state index contributed by atoms with van der Waals surface area (Å²) >= 11 is 3.05. The summed E-state index contributed by atoms with van der Waals surface area (Å²) in [5.74, 6) is -0.662. The Morgan fingerprint density at radius 1 is 1.35 bits per heavy atom. The molecule has 0 aliphatic heterocycles. The van der Waals surface area contributed by atoms with E-state index in [2.05, 4.69) is 26.2 Å². The molecule has 2 aromatic rings. The van der Waals surface area contributed by atoms with Crippen molar-refractivity contribution >= 4 is 39.3 Å². The number of nitro groups is 1. The Bertz CT molecular complexity index is 869. The molecule has 9 heteroatoms. The zero-order chi connectivity index (χ0) is 19.3. The van der Waals surface area contributed by atoms with Gasteiger partial charge in [0.05, 0.1) is 28.1 Å². The van der Waals surface area contributed by atoms with Gasteiger partial charge in [-0.1, -0.05) is 28.1 Å². The van der Waals surface area contributed by atoms with Crippen LogP contribution in [-0.2, 0) is 9.53 Å². The number of non-ortho nitro benzene ring substituents is 1. The highest BCUT2D eigenvalue weighted by Crippen LogP contribution is 2.31. The molecule has 2 rings (SSSR count). The lowest BCUT2D eigenvalue weighted by Gasteiger charge is -2.14. The summed E-state index contributed by atoms with van der Waals surface area (Å²) < 4.78 is 5.08. The van der Waals surface area contributed by atoms with E-state index in [4.69, 9.17) is 4.74 Å². The molecule has 0 fully saturated rings. The average Bonchev–Trinajstić information content (AvgIpc) is 2.61. The van der Waals surface area contributed by atoms with Gasteiger partial charge in [-0.25, -0.2) is 9.78 Å². The Labute approximate surface area is 157 Å². The number of anilines is 1. The second-order valence-corrected chi connectivity index (χ2v) is 5.79. The van der Waals surface area contributed by atoms with Crippen molar-refractivity contribution in [3.05, 3.63) is 51.7 Å². The van der Waals surface area contributed by atoms with Crippen molar-refractivity contribution in [2.75, 3.05) is 17.3 Å². The van der Waals surface area contributed by atoms with Gasteiger partial charge in [-0.05, 0) is 25.5 Å². The number of nitro benzene ring substituents is 1. The number of amides is 1. The monoisotopic (exact) mass is 421 g/mol. The molecule has 0 aliphatic carbocycles. The van der Waals surface area contributed by atoms with Crippen molar-refractivity contribution in [2.45, 2.75) is 13.8 Å². The van der Waals surface area contributed by atoms with E-state index >= 15 is 0 Å². The van der Waals surface area contributed by atoms with Crippen LogP contribution in [0.25, 0.3) is 11.1 Å². The van der Waals surface area contributed by atoms with Crippen LogP contribution in [0.4, 0.5) is 11.5 Å². The van der Waals surface area contributed by atoms with E-state index in [-0.39, 0.29) is 34.9 Å². The Morgan fingerprint density at radius 2 is 2.08 bits per heavy atom. The molecule has 0 aliphatic rings. The third-order valence-corrected chi connectivity index (χ3v) is 3.95. The zero-order valence-corrected chi connectivity index (χ0v) is 15.7. The Morgan fingerprint density at radius 3 is 2.69 bits per heavy atom. The molecule has 1 aromatic carbocycles. The fourth-order valence-electron chi connectivity index (χ4n) is 2.39. The van der Waals surface area contributed by atoms with Crippen LogP contribution >= 0.6 is 15.9 Å². The maximum Gasteiger partial charge on any atom is 0.340 e. The molecule has 0 atom stereocenters. The van der Waals surface area contributed by atoms with Gasteiger partial charge in [-0.3, -0.25) is 14.9 Å². The van der Waals surface area contributed by atoms with Crippen molar-refractivity contribution in [1.82, 2.24) is 4.98 Å². The maximum atomic E-state index is 12.4. The van der Waals surface area contributed by atoms with Gasteiger partial charge in [0.1, 0.15) is 5.82 Å². The van der Waals surface area contributed by atoms with E-state index in [0.29, 0.717) is 16.8 Å². The summed E-state index contributed by atoms with van der Waals surface area (Å²) in [7, 11) is 0. The SMILES string of the molecule is CCOC(=O)c1c(-c2cccc([N+](=O)[O-])c2)cc(NC(=O)CBr)nc1C. The van der Waals surface area contributed by atoms with E-state index in [0.717, 1.165) is 0 Å². The van der Waals surface area contributed by atoms with Gasteiger partial charge >= 0.3 is 5.97 Å². The number of aryl methyl sites for hydroxylation is 1. The highest BCUT2D eigenvalue weighted by atomic mass is 79.9. The summed E-state index contributed by atoms with van der Waals surface area (Å²) in [6.45, 7) is 3.46. The molecule has 26 heavy (non-hydrogen) atoms. The van der Waals surface area contributed by atoms with Gasteiger partial charge < -0.3 is 10.1 Å². The first-order valence-corrected chi connectivity index (χ1v) is 8.79. The molecule has 0 unspecified atom stereocenters. The molecule has 1 N–H and O–H groups in total. The molecule has 1 aromatic heterocycles. The van der Waals surface area contributed by atoms with E-state index in [1.54, 1.807) is 19.9 Å². The second-order valence-electron chi connectivity index (χ2n) is 5.23. The Balaban J connectivity index is 2.65. The minimum absolute atomic E-state index is 0.0828. The number of nitrogens with zero attached hydrogens (tertiary/aromatic N) is 2. The highest BCUT2D eigenvalue weighted by Gasteiger charge is 2.21. The second kappa shape index (κ2) is 8.52. The van der Waals surface area contributed by atoms with E-state index in [1.807, 2.05) is 0 Å². The topological polar surface area (TPSA) is 111 Å². The first-order chi connectivity index (χ1) is 12.4. The molecular formula is C17H16BrN3O5.